The number of aliphatic imine (C=N–C) groups is 2. The highest BCUT2D eigenvalue weighted by Gasteiger charge is 2.54. The summed E-state index contributed by atoms with van der Waals surface area (Å²) in [6.07, 6.45) is -3.79. The number of rotatable bonds is 1. The summed E-state index contributed by atoms with van der Waals surface area (Å²) in [7, 11) is 0. The van der Waals surface area contributed by atoms with Gasteiger partial charge in [-0.25, -0.2) is 23.9 Å². The number of thiol groups is 1. The molecule has 2 aromatic heterocycles. The molecule has 1 fully saturated rings. The molecule has 41 heavy (non-hydrogen) atoms. The van der Waals surface area contributed by atoms with E-state index in [2.05, 4.69) is 42.5 Å². The lowest BCUT2D eigenvalue weighted by atomic mass is 10.1. The van der Waals surface area contributed by atoms with E-state index >= 15 is 4.39 Å². The van der Waals surface area contributed by atoms with Gasteiger partial charge in [0.15, 0.2) is 29.9 Å². The van der Waals surface area contributed by atoms with Gasteiger partial charge in [0, 0.05) is 6.54 Å². The number of nitrogens with one attached hydrogen (secondary N) is 2. The van der Waals surface area contributed by atoms with Crippen LogP contribution in [0.5, 0.6) is 0 Å². The second-order valence-corrected chi connectivity index (χ2v) is 14.8. The first-order valence-electron chi connectivity index (χ1n) is 12.0. The van der Waals surface area contributed by atoms with Gasteiger partial charge in [0.1, 0.15) is 36.0 Å². The lowest BCUT2D eigenvalue weighted by molar-refractivity contribution is -0.119. The number of carbonyl (C=O) groups excluding carboxylic acids is 1. The smallest absolute Gasteiger partial charge is 0.346 e. The van der Waals surface area contributed by atoms with E-state index in [9.17, 15) is 14.3 Å². The van der Waals surface area contributed by atoms with Crippen LogP contribution >= 0.6 is 25.8 Å². The molecule has 3 N–H and O–H groups in total. The van der Waals surface area contributed by atoms with Gasteiger partial charge in [-0.2, -0.15) is 4.99 Å². The van der Waals surface area contributed by atoms with Crippen LogP contribution in [0.15, 0.2) is 16.2 Å². The van der Waals surface area contributed by atoms with Crippen LogP contribution < -0.4 is 5.32 Å². The lowest BCUT2D eigenvalue weighted by Gasteiger charge is -2.30. The molecule has 4 aliphatic rings. The van der Waals surface area contributed by atoms with Crippen molar-refractivity contribution >= 4 is 72.8 Å². The molecule has 0 aromatic carbocycles. The second-order valence-electron chi connectivity index (χ2n) is 9.11. The molecule has 7 atom stereocenters. The Morgan fingerprint density at radius 2 is 2.12 bits per heavy atom. The first-order chi connectivity index (χ1) is 19.4. The number of halogens is 1. The Morgan fingerprint density at radius 3 is 2.93 bits per heavy atom. The maximum Gasteiger partial charge on any atom is 0.387 e. The van der Waals surface area contributed by atoms with Crippen LogP contribution in [-0.4, -0.2) is 97.2 Å². The van der Waals surface area contributed by atoms with E-state index in [0.29, 0.717) is 17.0 Å². The quantitative estimate of drug-likeness (QED) is 0.247. The summed E-state index contributed by atoms with van der Waals surface area (Å²) in [6.45, 7) is -7.49. The van der Waals surface area contributed by atoms with Gasteiger partial charge in [0.25, 0.3) is 5.91 Å². The Hall–Kier alpha value is -2.25. The van der Waals surface area contributed by atoms with Gasteiger partial charge >= 0.3 is 13.5 Å². The van der Waals surface area contributed by atoms with Crippen molar-refractivity contribution in [3.05, 3.63) is 17.8 Å². The number of nitrogens with zero attached hydrogens (tertiary/aromatic N) is 7. The molecular formula is C19H22FN9O8P2S2. The van der Waals surface area contributed by atoms with Crippen molar-refractivity contribution in [3.63, 3.8) is 0 Å². The van der Waals surface area contributed by atoms with Crippen molar-refractivity contribution in [1.82, 2.24) is 29.7 Å². The zero-order chi connectivity index (χ0) is 29.1. The van der Waals surface area contributed by atoms with E-state index < -0.39 is 69.2 Å². The van der Waals surface area contributed by atoms with Crippen LogP contribution in [0, 0.1) is 12.3 Å². The minimum Gasteiger partial charge on any atom is -0.346 e. The molecule has 22 heteroatoms. The highest BCUT2D eigenvalue weighted by Crippen LogP contribution is 2.57. The SMILES string of the molecule is Cc1ncc2nc3n(c2n1)CCOP(O)(=S)OC[C@H]1O[C@H](N2C=NC4C(=O)NC(=N)N=C42)[C@H](OP(=O)(S)OC3)[C@@H]1F. The highest BCUT2D eigenvalue weighted by molar-refractivity contribution is 8.44. The summed E-state index contributed by atoms with van der Waals surface area (Å²) in [6, 6.07) is -1.12. The maximum absolute atomic E-state index is 15.8. The Bertz CT molecular complexity index is 1590. The number of amides is 1. The standard InChI is InChI=1S/C19H22FN9O8P2S2/c1-8-22-4-9-15(24-8)28-2-3-33-38(31,40)34-5-10-12(20)14(37-39(32,41)35-6-11(28)25-9)18(36-10)29-7-23-13-16(29)26-19(21)27-17(13)30/h4,7,10,12-14,18H,2-3,5-6H2,1H3,(H,31,40)(H,32,41)(H2,21,27,30)/t10-,12-,13?,14-,18+,38?,39?/m1/s1. The summed E-state index contributed by atoms with van der Waals surface area (Å²) in [4.78, 5) is 45.1. The average molecular weight is 650 g/mol. The van der Waals surface area contributed by atoms with Crippen molar-refractivity contribution in [2.24, 2.45) is 9.98 Å². The summed E-state index contributed by atoms with van der Waals surface area (Å²) < 4.78 is 58.6. The molecule has 17 nitrogen and oxygen atoms in total. The number of alkyl halides is 1. The van der Waals surface area contributed by atoms with Crippen molar-refractivity contribution in [1.29, 1.82) is 5.41 Å². The van der Waals surface area contributed by atoms with E-state index in [1.165, 1.54) is 17.4 Å². The van der Waals surface area contributed by atoms with Crippen molar-refractivity contribution < 1.29 is 41.5 Å². The normalized spacial score (nSPS) is 36.3. The van der Waals surface area contributed by atoms with Crippen molar-refractivity contribution in [3.8, 4) is 0 Å². The zero-order valence-electron chi connectivity index (χ0n) is 20.9. The largest absolute Gasteiger partial charge is 0.387 e. The molecule has 0 spiro atoms. The van der Waals surface area contributed by atoms with Crippen LogP contribution in [0.25, 0.3) is 11.2 Å². The molecule has 0 saturated carbocycles. The Kier molecular flexibility index (Phi) is 7.59. The number of hydrogen-bond acceptors (Lipinski definition) is 14. The molecule has 220 valence electrons. The molecule has 0 aliphatic carbocycles. The first kappa shape index (κ1) is 28.9. The van der Waals surface area contributed by atoms with Gasteiger partial charge in [0.05, 0.1) is 25.7 Å². The molecule has 0 radical (unpaired) electrons. The molecule has 6 heterocycles. The van der Waals surface area contributed by atoms with Gasteiger partial charge in [-0.1, -0.05) is 12.2 Å². The van der Waals surface area contributed by atoms with Crippen LogP contribution in [0.2, 0.25) is 0 Å². The van der Waals surface area contributed by atoms with Crippen molar-refractivity contribution in [2.75, 3.05) is 13.2 Å². The van der Waals surface area contributed by atoms with Gasteiger partial charge < -0.3 is 23.2 Å². The fourth-order valence-corrected chi connectivity index (χ4v) is 7.07. The number of fused-ring (bicyclic) bond motifs is 6. The maximum atomic E-state index is 15.8. The van der Waals surface area contributed by atoms with Gasteiger partial charge in [0.2, 0.25) is 5.96 Å². The number of aromatic nitrogens is 4. The molecule has 1 saturated heterocycles. The average Bonchev–Trinajstić information content (AvgIpc) is 3.55. The van der Waals surface area contributed by atoms with E-state index in [1.807, 2.05) is 0 Å². The number of amidine groups is 1. The molecule has 6 rings (SSSR count). The molecule has 3 unspecified atom stereocenters. The van der Waals surface area contributed by atoms with E-state index in [-0.39, 0.29) is 24.8 Å². The highest BCUT2D eigenvalue weighted by atomic mass is 32.7. The Balaban J connectivity index is 1.33. The summed E-state index contributed by atoms with van der Waals surface area (Å²) in [5.41, 5.74) is 0.833. The second kappa shape index (κ2) is 10.8. The predicted octanol–water partition coefficient (Wildman–Crippen LogP) is 0.577. The minimum absolute atomic E-state index is 0.0313. The fraction of sp³-hybridized carbons (Fsp3) is 0.526. The van der Waals surface area contributed by atoms with Crippen molar-refractivity contribution in [2.45, 2.75) is 50.7 Å². The predicted molar refractivity (Wildman–Crippen MR) is 146 cm³/mol. The van der Waals surface area contributed by atoms with Crippen LogP contribution in [0.3, 0.4) is 0 Å². The molecule has 1 amide bonds. The van der Waals surface area contributed by atoms with E-state index in [0.717, 1.165) is 0 Å². The summed E-state index contributed by atoms with van der Waals surface area (Å²) >= 11 is 9.16. The number of carbonyl (C=O) groups is 1. The third-order valence-electron chi connectivity index (χ3n) is 6.37. The van der Waals surface area contributed by atoms with Crippen LogP contribution in [-0.2, 0) is 57.1 Å². The van der Waals surface area contributed by atoms with Crippen LogP contribution in [0.4, 0.5) is 4.39 Å². The Morgan fingerprint density at radius 1 is 1.32 bits per heavy atom. The number of hydrogen-bond donors (Lipinski definition) is 4. The summed E-state index contributed by atoms with van der Waals surface area (Å²) in [5, 5.41) is 10.00. The number of guanidine groups is 1. The first-order valence-corrected chi connectivity index (χ1v) is 17.2. The number of imidazole rings is 1. The molecule has 2 bridgehead atoms. The molecule has 2 aromatic rings. The molecule has 4 aliphatic heterocycles. The van der Waals surface area contributed by atoms with Gasteiger partial charge in [-0.3, -0.25) is 34.5 Å². The third-order valence-corrected chi connectivity index (χ3v) is 9.59. The molecular weight excluding hydrogens is 627 g/mol. The number of ether oxygens (including phenoxy) is 1. The van der Waals surface area contributed by atoms with E-state index in [1.54, 1.807) is 11.5 Å². The van der Waals surface area contributed by atoms with Gasteiger partial charge in [-0.15, -0.1) is 0 Å². The fourth-order valence-electron chi connectivity index (χ4n) is 4.57. The van der Waals surface area contributed by atoms with Crippen LogP contribution in [0.1, 0.15) is 11.6 Å². The minimum atomic E-state index is -4.31. The van der Waals surface area contributed by atoms with Gasteiger partial charge in [-0.05, 0) is 18.7 Å². The zero-order valence-corrected chi connectivity index (χ0v) is 24.4. The third kappa shape index (κ3) is 5.73. The Labute approximate surface area is 240 Å². The van der Waals surface area contributed by atoms with E-state index in [4.69, 9.17) is 40.0 Å². The number of aryl methyl sites for hydroxylation is 1. The lowest BCUT2D eigenvalue weighted by Crippen LogP contribution is -2.53. The monoisotopic (exact) mass is 649 g/mol. The topological polar surface area (TPSA) is 208 Å². The summed E-state index contributed by atoms with van der Waals surface area (Å²) in [5.74, 6) is -0.397.